The minimum Gasteiger partial charge on any atom is -0.481 e. The summed E-state index contributed by atoms with van der Waals surface area (Å²) in [5.74, 6) is -0.889. The first-order chi connectivity index (χ1) is 23.9. The van der Waals surface area contributed by atoms with Gasteiger partial charge >= 0.3 is 24.2 Å². The monoisotopic (exact) mass is 726 g/mol. The second kappa shape index (κ2) is 18.2. The molecule has 0 saturated heterocycles. The Morgan fingerprint density at radius 1 is 1.04 bits per heavy atom. The summed E-state index contributed by atoms with van der Waals surface area (Å²) in [5.41, 5.74) is 8.51. The first-order valence-corrected chi connectivity index (χ1v) is 20.2. The number of anilines is 2. The quantitative estimate of drug-likeness (QED) is 0.0474. The van der Waals surface area contributed by atoms with Crippen LogP contribution in [-0.4, -0.2) is 84.7 Å². The molecule has 3 aromatic rings. The summed E-state index contributed by atoms with van der Waals surface area (Å²) in [6.45, 7) is 12.0. The Labute approximate surface area is 299 Å². The number of nitrogens with one attached hydrogen (secondary N) is 3. The third-order valence-electron chi connectivity index (χ3n) is 7.26. The SMILES string of the molecule is COC(=O)Nc1ccc(-c2nc([C@H](CN(CCC(=O)O)C(=O)OC(C)(C)C)NC(=O)OCc3ccccc3)[nH]c2COCC[Si](C)(C)C)c(N)c1. The summed E-state index contributed by atoms with van der Waals surface area (Å²) in [6.07, 6.45) is -2.60. The van der Waals surface area contributed by atoms with Gasteiger partial charge < -0.3 is 45.0 Å². The maximum Gasteiger partial charge on any atom is 0.411 e. The van der Waals surface area contributed by atoms with E-state index < -0.39 is 44.0 Å². The van der Waals surface area contributed by atoms with Crippen LogP contribution in [0, 0.1) is 0 Å². The molecule has 0 aliphatic heterocycles. The molecular formula is C35H50N6O9Si. The molecule has 1 atom stereocenters. The van der Waals surface area contributed by atoms with Crippen molar-refractivity contribution in [3.63, 3.8) is 0 Å². The molecule has 3 rings (SSSR count). The normalized spacial score (nSPS) is 12.1. The zero-order valence-corrected chi connectivity index (χ0v) is 31.3. The number of nitrogen functional groups attached to an aromatic ring is 1. The number of ether oxygens (including phenoxy) is 4. The molecule has 51 heavy (non-hydrogen) atoms. The number of carboxylic acids is 1. The molecule has 0 aliphatic carbocycles. The van der Waals surface area contributed by atoms with Crippen molar-refractivity contribution in [1.29, 1.82) is 0 Å². The Morgan fingerprint density at radius 3 is 2.35 bits per heavy atom. The number of carboxylic acid groups (broad SMARTS) is 1. The van der Waals surface area contributed by atoms with Crippen LogP contribution >= 0.6 is 0 Å². The number of hydrogen-bond acceptors (Lipinski definition) is 10. The lowest BCUT2D eigenvalue weighted by atomic mass is 10.1. The van der Waals surface area contributed by atoms with Gasteiger partial charge in [0.1, 0.15) is 24.1 Å². The second-order valence-corrected chi connectivity index (χ2v) is 19.7. The van der Waals surface area contributed by atoms with Crippen molar-refractivity contribution in [2.75, 3.05) is 37.9 Å². The number of alkyl carbamates (subject to hydrolysis) is 1. The number of methoxy groups -OCH3 is 1. The molecule has 1 aromatic heterocycles. The molecule has 0 aliphatic rings. The Hall–Kier alpha value is -5.09. The first-order valence-electron chi connectivity index (χ1n) is 16.5. The molecule has 3 amide bonds. The van der Waals surface area contributed by atoms with Gasteiger partial charge in [-0.2, -0.15) is 0 Å². The molecule has 0 fully saturated rings. The van der Waals surface area contributed by atoms with E-state index in [9.17, 15) is 24.3 Å². The maximum absolute atomic E-state index is 13.3. The lowest BCUT2D eigenvalue weighted by Crippen LogP contribution is -2.44. The smallest absolute Gasteiger partial charge is 0.411 e. The minimum absolute atomic E-state index is 0.0176. The molecule has 15 nitrogen and oxygen atoms in total. The van der Waals surface area contributed by atoms with E-state index in [1.165, 1.54) is 12.0 Å². The molecule has 1 heterocycles. The van der Waals surface area contributed by atoms with Gasteiger partial charge in [-0.1, -0.05) is 50.0 Å². The number of benzene rings is 2. The molecule has 6 N–H and O–H groups in total. The molecule has 0 spiro atoms. The van der Waals surface area contributed by atoms with E-state index in [1.54, 1.807) is 39.0 Å². The number of carbonyl (C=O) groups is 4. The molecule has 0 unspecified atom stereocenters. The van der Waals surface area contributed by atoms with Gasteiger partial charge in [-0.3, -0.25) is 10.1 Å². The van der Waals surface area contributed by atoms with Gasteiger partial charge in [-0.25, -0.2) is 19.4 Å². The van der Waals surface area contributed by atoms with Crippen molar-refractivity contribution in [3.05, 3.63) is 65.6 Å². The third kappa shape index (κ3) is 14.0. The Balaban J connectivity index is 2.05. The zero-order valence-electron chi connectivity index (χ0n) is 30.3. The third-order valence-corrected chi connectivity index (χ3v) is 8.97. The Bertz CT molecular complexity index is 1640. The van der Waals surface area contributed by atoms with E-state index in [2.05, 4.69) is 40.0 Å². The predicted octanol–water partition coefficient (Wildman–Crippen LogP) is 6.37. The highest BCUT2D eigenvalue weighted by Crippen LogP contribution is 2.32. The van der Waals surface area contributed by atoms with Gasteiger partial charge in [0, 0.05) is 38.2 Å². The summed E-state index contributed by atoms with van der Waals surface area (Å²) in [4.78, 5) is 59.2. The van der Waals surface area contributed by atoms with Crippen LogP contribution < -0.4 is 16.4 Å². The molecule has 0 radical (unpaired) electrons. The van der Waals surface area contributed by atoms with Crippen molar-refractivity contribution in [1.82, 2.24) is 20.2 Å². The van der Waals surface area contributed by atoms with Crippen LogP contribution in [0.15, 0.2) is 48.5 Å². The van der Waals surface area contributed by atoms with Crippen LogP contribution in [0.25, 0.3) is 11.3 Å². The number of amides is 3. The molecule has 0 bridgehead atoms. The molecule has 278 valence electrons. The van der Waals surface area contributed by atoms with Crippen molar-refractivity contribution >= 4 is 43.7 Å². The second-order valence-electron chi connectivity index (χ2n) is 14.1. The average Bonchev–Trinajstić information content (AvgIpc) is 3.46. The van der Waals surface area contributed by atoms with E-state index in [0.29, 0.717) is 29.2 Å². The fourth-order valence-electron chi connectivity index (χ4n) is 4.64. The number of aliphatic carboxylic acids is 1. The summed E-state index contributed by atoms with van der Waals surface area (Å²) in [7, 11) is -0.149. The minimum atomic E-state index is -1.40. The summed E-state index contributed by atoms with van der Waals surface area (Å²) >= 11 is 0. The van der Waals surface area contributed by atoms with Crippen LogP contribution in [-0.2, 0) is 37.0 Å². The number of carbonyl (C=O) groups excluding carboxylic acids is 3. The number of aromatic nitrogens is 2. The van der Waals surface area contributed by atoms with Crippen LogP contribution in [0.1, 0.15) is 50.3 Å². The fourth-order valence-corrected chi connectivity index (χ4v) is 5.40. The van der Waals surface area contributed by atoms with Crippen molar-refractivity contribution in [2.45, 2.75) is 77.7 Å². The van der Waals surface area contributed by atoms with Crippen molar-refractivity contribution in [3.8, 4) is 11.3 Å². The molecular weight excluding hydrogens is 677 g/mol. The van der Waals surface area contributed by atoms with Gasteiger partial charge in [0.15, 0.2) is 0 Å². The van der Waals surface area contributed by atoms with Crippen LogP contribution in [0.3, 0.4) is 0 Å². The number of rotatable bonds is 16. The van der Waals surface area contributed by atoms with Gasteiger partial charge in [-0.15, -0.1) is 0 Å². The Morgan fingerprint density at radius 2 is 1.75 bits per heavy atom. The largest absolute Gasteiger partial charge is 0.481 e. The highest BCUT2D eigenvalue weighted by atomic mass is 28.3. The lowest BCUT2D eigenvalue weighted by molar-refractivity contribution is -0.137. The zero-order chi connectivity index (χ0) is 37.8. The van der Waals surface area contributed by atoms with Gasteiger partial charge in [-0.05, 0) is 50.6 Å². The van der Waals surface area contributed by atoms with E-state index >= 15 is 0 Å². The van der Waals surface area contributed by atoms with Gasteiger partial charge in [0.2, 0.25) is 0 Å². The van der Waals surface area contributed by atoms with Gasteiger partial charge in [0.05, 0.1) is 38.1 Å². The van der Waals surface area contributed by atoms with E-state index in [4.69, 9.17) is 24.9 Å². The summed E-state index contributed by atoms with van der Waals surface area (Å²) in [5, 5.41) is 14.8. The van der Waals surface area contributed by atoms with Gasteiger partial charge in [0.25, 0.3) is 0 Å². The van der Waals surface area contributed by atoms with Crippen LogP contribution in [0.4, 0.5) is 25.8 Å². The van der Waals surface area contributed by atoms with Crippen LogP contribution in [0.5, 0.6) is 0 Å². The van der Waals surface area contributed by atoms with Crippen LogP contribution in [0.2, 0.25) is 25.7 Å². The lowest BCUT2D eigenvalue weighted by Gasteiger charge is -2.29. The number of hydrogen-bond donors (Lipinski definition) is 5. The highest BCUT2D eigenvalue weighted by molar-refractivity contribution is 6.76. The van der Waals surface area contributed by atoms with E-state index in [1.807, 2.05) is 30.3 Å². The molecule has 2 aromatic carbocycles. The average molecular weight is 727 g/mol. The van der Waals surface area contributed by atoms with E-state index in [0.717, 1.165) is 11.6 Å². The number of aromatic amines is 1. The van der Waals surface area contributed by atoms with E-state index in [-0.39, 0.29) is 44.2 Å². The summed E-state index contributed by atoms with van der Waals surface area (Å²) in [6, 6.07) is 13.9. The topological polar surface area (TPSA) is 207 Å². The summed E-state index contributed by atoms with van der Waals surface area (Å²) < 4.78 is 21.8. The first kappa shape index (κ1) is 40.3. The highest BCUT2D eigenvalue weighted by Gasteiger charge is 2.30. The number of nitrogens with two attached hydrogens (primary N) is 1. The van der Waals surface area contributed by atoms with Crippen molar-refractivity contribution in [2.24, 2.45) is 0 Å². The maximum atomic E-state index is 13.3. The number of H-pyrrole nitrogens is 1. The predicted molar refractivity (Wildman–Crippen MR) is 195 cm³/mol. The number of imidazole rings is 1. The Kier molecular flexibility index (Phi) is 14.4. The standard InChI is InChI=1S/C35H50N6O9Si/c1-35(2,3)50-34(46)41(16-15-29(42)43)20-27(39-33(45)49-21-23-11-9-8-10-12-23)31-38-28(22-48-17-18-51(5,6)7)30(40-31)25-14-13-24(19-26(25)36)37-32(44)47-4/h8-14,19,27H,15-18,20-22,36H2,1-7H3,(H,37,44)(H,38,40)(H,39,45)(H,42,43)/t27-/m0/s1. The molecule has 0 saturated carbocycles. The fraction of sp³-hybridized carbons (Fsp3) is 0.457. The number of nitrogens with zero attached hydrogens (tertiary/aromatic N) is 2. The molecule has 16 heteroatoms. The van der Waals surface area contributed by atoms with Crippen molar-refractivity contribution < 1.29 is 43.2 Å².